The van der Waals surface area contributed by atoms with Crippen LogP contribution >= 0.6 is 0 Å². The first kappa shape index (κ1) is 24.4. The van der Waals surface area contributed by atoms with E-state index in [0.29, 0.717) is 16.8 Å². The van der Waals surface area contributed by atoms with Gasteiger partial charge >= 0.3 is 5.97 Å². The van der Waals surface area contributed by atoms with Crippen molar-refractivity contribution in [1.82, 2.24) is 4.90 Å². The van der Waals surface area contributed by atoms with E-state index in [0.717, 1.165) is 4.90 Å². The number of ether oxygens (including phenoxy) is 3. The Labute approximate surface area is 205 Å². The monoisotopic (exact) mass is 492 g/mol. The van der Waals surface area contributed by atoms with E-state index in [2.05, 4.69) is 5.32 Å². The van der Waals surface area contributed by atoms with Crippen LogP contribution in [0.5, 0.6) is 11.5 Å². The lowest BCUT2D eigenvalue weighted by molar-refractivity contribution is -0.118. The maximum absolute atomic E-state index is 13.0. The molecular formula is C26H21FN2O7. The smallest absolute Gasteiger partial charge is 0.338 e. The van der Waals surface area contributed by atoms with E-state index < -0.39 is 29.5 Å². The van der Waals surface area contributed by atoms with Crippen molar-refractivity contribution < 1.29 is 37.8 Å². The number of esters is 1. The number of nitrogens with zero attached hydrogens (tertiary/aromatic N) is 1. The lowest BCUT2D eigenvalue weighted by Gasteiger charge is -2.14. The molecule has 1 aliphatic heterocycles. The Bertz CT molecular complexity index is 1290. The molecular weight excluding hydrogens is 471 g/mol. The SMILES string of the molecule is COc1cc(C(=O)OCCN2C(=O)c3ccccc3C2=O)ccc1OCC(=O)Nc1ccc(F)cc1. The third-order valence-electron chi connectivity index (χ3n) is 5.31. The quantitative estimate of drug-likeness (QED) is 0.360. The van der Waals surface area contributed by atoms with Crippen LogP contribution in [0.15, 0.2) is 66.7 Å². The zero-order valence-corrected chi connectivity index (χ0v) is 19.2. The number of imide groups is 1. The second kappa shape index (κ2) is 10.7. The zero-order valence-electron chi connectivity index (χ0n) is 19.2. The highest BCUT2D eigenvalue weighted by Crippen LogP contribution is 2.28. The van der Waals surface area contributed by atoms with Gasteiger partial charge in [0.15, 0.2) is 18.1 Å². The molecule has 0 unspecified atom stereocenters. The molecule has 1 heterocycles. The highest BCUT2D eigenvalue weighted by Gasteiger charge is 2.34. The molecule has 0 fully saturated rings. The first-order valence-electron chi connectivity index (χ1n) is 10.9. The van der Waals surface area contributed by atoms with E-state index in [9.17, 15) is 23.6 Å². The van der Waals surface area contributed by atoms with Gasteiger partial charge in [-0.05, 0) is 54.6 Å². The molecule has 0 spiro atoms. The molecule has 0 aliphatic carbocycles. The van der Waals surface area contributed by atoms with E-state index in [1.54, 1.807) is 24.3 Å². The average Bonchev–Trinajstić information content (AvgIpc) is 3.13. The van der Waals surface area contributed by atoms with Crippen molar-refractivity contribution in [2.75, 3.05) is 32.2 Å². The summed E-state index contributed by atoms with van der Waals surface area (Å²) in [5.41, 5.74) is 1.20. The second-order valence-corrected chi connectivity index (χ2v) is 7.65. The molecule has 0 saturated carbocycles. The van der Waals surface area contributed by atoms with Crippen molar-refractivity contribution in [1.29, 1.82) is 0 Å². The van der Waals surface area contributed by atoms with Gasteiger partial charge < -0.3 is 19.5 Å². The van der Waals surface area contributed by atoms with Crippen LogP contribution in [0, 0.1) is 5.82 Å². The largest absolute Gasteiger partial charge is 0.493 e. The number of nitrogens with one attached hydrogen (secondary N) is 1. The van der Waals surface area contributed by atoms with Gasteiger partial charge in [-0.3, -0.25) is 19.3 Å². The van der Waals surface area contributed by atoms with Crippen LogP contribution in [0.4, 0.5) is 10.1 Å². The average molecular weight is 492 g/mol. The van der Waals surface area contributed by atoms with Gasteiger partial charge in [0.05, 0.1) is 30.3 Å². The number of benzene rings is 3. The predicted molar refractivity (Wildman–Crippen MR) is 126 cm³/mol. The predicted octanol–water partition coefficient (Wildman–Crippen LogP) is 3.30. The van der Waals surface area contributed by atoms with Crippen molar-refractivity contribution in [3.8, 4) is 11.5 Å². The first-order valence-corrected chi connectivity index (χ1v) is 10.9. The van der Waals surface area contributed by atoms with E-state index in [1.165, 1.54) is 49.6 Å². The Morgan fingerprint density at radius 1 is 0.917 bits per heavy atom. The number of carbonyl (C=O) groups excluding carboxylic acids is 4. The van der Waals surface area contributed by atoms with Crippen molar-refractivity contribution in [2.45, 2.75) is 0 Å². The van der Waals surface area contributed by atoms with Crippen LogP contribution in [-0.4, -0.2) is 55.5 Å². The van der Waals surface area contributed by atoms with E-state index in [1.807, 2.05) is 0 Å². The Balaban J connectivity index is 1.30. The van der Waals surface area contributed by atoms with Gasteiger partial charge in [0.25, 0.3) is 17.7 Å². The molecule has 0 radical (unpaired) electrons. The Morgan fingerprint density at radius 2 is 1.58 bits per heavy atom. The molecule has 10 heteroatoms. The third kappa shape index (κ3) is 5.33. The lowest BCUT2D eigenvalue weighted by Crippen LogP contribution is -2.33. The summed E-state index contributed by atoms with van der Waals surface area (Å²) in [4.78, 5) is 50.4. The number of amides is 3. The zero-order chi connectivity index (χ0) is 25.7. The standard InChI is InChI=1S/C26H21FN2O7/c1-34-22-14-16(6-11-21(22)36-15-23(30)28-18-9-7-17(27)8-10-18)26(33)35-13-12-29-24(31)19-4-2-3-5-20(19)25(29)32/h2-11,14H,12-13,15H2,1H3,(H,28,30). The molecule has 0 aromatic heterocycles. The summed E-state index contributed by atoms with van der Waals surface area (Å²) in [6.45, 7) is -0.619. The molecule has 0 bridgehead atoms. The summed E-state index contributed by atoms with van der Waals surface area (Å²) >= 11 is 0. The fraction of sp³-hybridized carbons (Fsp3) is 0.154. The number of hydrogen-bond donors (Lipinski definition) is 1. The number of halogens is 1. The highest BCUT2D eigenvalue weighted by atomic mass is 19.1. The van der Waals surface area contributed by atoms with Gasteiger partial charge in [0.1, 0.15) is 12.4 Å². The van der Waals surface area contributed by atoms with Crippen molar-refractivity contribution >= 4 is 29.4 Å². The van der Waals surface area contributed by atoms with Crippen LogP contribution in [0.1, 0.15) is 31.1 Å². The summed E-state index contributed by atoms with van der Waals surface area (Å²) < 4.78 is 28.9. The first-order chi connectivity index (χ1) is 17.4. The Morgan fingerprint density at radius 3 is 2.22 bits per heavy atom. The van der Waals surface area contributed by atoms with Crippen LogP contribution < -0.4 is 14.8 Å². The van der Waals surface area contributed by atoms with Crippen molar-refractivity contribution in [3.05, 3.63) is 89.2 Å². The maximum atomic E-state index is 13.0. The van der Waals surface area contributed by atoms with E-state index >= 15 is 0 Å². The summed E-state index contributed by atoms with van der Waals surface area (Å²) in [5, 5.41) is 2.57. The molecule has 1 N–H and O–H groups in total. The van der Waals surface area contributed by atoms with Gasteiger partial charge in [-0.2, -0.15) is 0 Å². The van der Waals surface area contributed by atoms with Gasteiger partial charge in [-0.1, -0.05) is 12.1 Å². The molecule has 3 aromatic rings. The summed E-state index contributed by atoms with van der Waals surface area (Å²) in [6, 6.07) is 16.0. The molecule has 1 aliphatic rings. The van der Waals surface area contributed by atoms with Gasteiger partial charge in [-0.15, -0.1) is 0 Å². The summed E-state index contributed by atoms with van der Waals surface area (Å²) in [5.74, 6) is -2.03. The molecule has 9 nitrogen and oxygen atoms in total. The number of methoxy groups -OCH3 is 1. The Kier molecular flexibility index (Phi) is 7.24. The molecule has 3 aromatic carbocycles. The summed E-state index contributed by atoms with van der Waals surface area (Å²) in [7, 11) is 1.37. The minimum absolute atomic E-state index is 0.0837. The number of carbonyl (C=O) groups is 4. The maximum Gasteiger partial charge on any atom is 0.338 e. The van der Waals surface area contributed by atoms with Gasteiger partial charge in [0.2, 0.25) is 0 Å². The number of hydrogen-bond acceptors (Lipinski definition) is 7. The van der Waals surface area contributed by atoms with Crippen LogP contribution in [-0.2, 0) is 9.53 Å². The van der Waals surface area contributed by atoms with Crippen LogP contribution in [0.2, 0.25) is 0 Å². The fourth-order valence-corrected chi connectivity index (χ4v) is 3.54. The van der Waals surface area contributed by atoms with E-state index in [-0.39, 0.29) is 36.8 Å². The lowest BCUT2D eigenvalue weighted by atomic mass is 10.1. The fourth-order valence-electron chi connectivity index (χ4n) is 3.54. The number of anilines is 1. The molecule has 0 saturated heterocycles. The molecule has 4 rings (SSSR count). The third-order valence-corrected chi connectivity index (χ3v) is 5.31. The Hall–Kier alpha value is -4.73. The van der Waals surface area contributed by atoms with Crippen molar-refractivity contribution in [3.63, 3.8) is 0 Å². The number of fused-ring (bicyclic) bond motifs is 1. The normalized spacial score (nSPS) is 12.2. The molecule has 3 amide bonds. The molecule has 0 atom stereocenters. The molecule has 184 valence electrons. The summed E-state index contributed by atoms with van der Waals surface area (Å²) in [6.07, 6.45) is 0. The highest BCUT2D eigenvalue weighted by molar-refractivity contribution is 6.21. The minimum atomic E-state index is -0.689. The second-order valence-electron chi connectivity index (χ2n) is 7.65. The minimum Gasteiger partial charge on any atom is -0.493 e. The van der Waals surface area contributed by atoms with Crippen LogP contribution in [0.3, 0.4) is 0 Å². The van der Waals surface area contributed by atoms with Gasteiger partial charge in [0, 0.05) is 5.69 Å². The topological polar surface area (TPSA) is 111 Å². The van der Waals surface area contributed by atoms with Gasteiger partial charge in [-0.25, -0.2) is 9.18 Å². The number of rotatable bonds is 9. The van der Waals surface area contributed by atoms with E-state index in [4.69, 9.17) is 14.2 Å². The molecule has 36 heavy (non-hydrogen) atoms. The van der Waals surface area contributed by atoms with Crippen molar-refractivity contribution in [2.24, 2.45) is 0 Å². The van der Waals surface area contributed by atoms with Crippen LogP contribution in [0.25, 0.3) is 0 Å².